The highest BCUT2D eigenvalue weighted by Crippen LogP contribution is 2.10. The molecular weight excluding hydrogens is 302 g/mol. The molecule has 22 heavy (non-hydrogen) atoms. The Balaban J connectivity index is 2.07. The van der Waals surface area contributed by atoms with Crippen molar-refractivity contribution in [2.75, 3.05) is 12.8 Å². The first-order chi connectivity index (χ1) is 10.3. The average molecular weight is 325 g/mol. The summed E-state index contributed by atoms with van der Waals surface area (Å²) < 4.78 is 26.9. The van der Waals surface area contributed by atoms with Crippen molar-refractivity contribution in [1.29, 1.82) is 0 Å². The number of hydrogen-bond acceptors (Lipinski definition) is 5. The average Bonchev–Trinajstić information content (AvgIpc) is 2.81. The van der Waals surface area contributed by atoms with E-state index in [4.69, 9.17) is 0 Å². The summed E-state index contributed by atoms with van der Waals surface area (Å²) in [5, 5.41) is 3.36. The summed E-state index contributed by atoms with van der Waals surface area (Å²) in [5.74, 6) is 0.691. The minimum Gasteiger partial charge on any atom is -0.307 e. The van der Waals surface area contributed by atoms with Crippen molar-refractivity contribution in [1.82, 2.24) is 24.4 Å². The molecule has 0 bridgehead atoms. The summed E-state index contributed by atoms with van der Waals surface area (Å²) in [5.41, 5.74) is 3.04. The predicted molar refractivity (Wildman–Crippen MR) is 86.2 cm³/mol. The molecule has 0 fully saturated rings. The standard InChI is InChI=1S/C14H23N5O2S/c1-5-12(7-17-22(4,20)21)15-8-13-9-16-14-18-10(2)6-11(3)19(13)14/h6,9,12,15,17H,5,7-8H2,1-4H3. The van der Waals surface area contributed by atoms with Crippen molar-refractivity contribution in [2.45, 2.75) is 39.8 Å². The molecule has 1 unspecified atom stereocenters. The zero-order valence-corrected chi connectivity index (χ0v) is 14.2. The van der Waals surface area contributed by atoms with Gasteiger partial charge in [-0.1, -0.05) is 6.92 Å². The molecule has 0 saturated carbocycles. The van der Waals surface area contributed by atoms with Crippen molar-refractivity contribution in [3.8, 4) is 0 Å². The van der Waals surface area contributed by atoms with Crippen LogP contribution in [0.2, 0.25) is 0 Å². The van der Waals surface area contributed by atoms with E-state index in [0.717, 1.165) is 23.5 Å². The summed E-state index contributed by atoms with van der Waals surface area (Å²) in [6, 6.07) is 2.08. The maximum atomic E-state index is 11.2. The van der Waals surface area contributed by atoms with E-state index in [-0.39, 0.29) is 6.04 Å². The van der Waals surface area contributed by atoms with Crippen LogP contribution in [0.3, 0.4) is 0 Å². The number of nitrogens with zero attached hydrogens (tertiary/aromatic N) is 3. The van der Waals surface area contributed by atoms with Gasteiger partial charge >= 0.3 is 0 Å². The molecule has 7 nitrogen and oxygen atoms in total. The van der Waals surface area contributed by atoms with Gasteiger partial charge in [0.05, 0.1) is 18.1 Å². The van der Waals surface area contributed by atoms with Crippen molar-refractivity contribution in [2.24, 2.45) is 0 Å². The molecule has 0 aliphatic carbocycles. The van der Waals surface area contributed by atoms with Gasteiger partial charge in [0.1, 0.15) is 0 Å². The van der Waals surface area contributed by atoms with Crippen LogP contribution < -0.4 is 10.0 Å². The van der Waals surface area contributed by atoms with Crippen LogP contribution in [0, 0.1) is 13.8 Å². The van der Waals surface area contributed by atoms with E-state index in [9.17, 15) is 8.42 Å². The van der Waals surface area contributed by atoms with Gasteiger partial charge in [-0.05, 0) is 26.3 Å². The summed E-state index contributed by atoms with van der Waals surface area (Å²) in [7, 11) is -3.17. The zero-order chi connectivity index (χ0) is 16.3. The van der Waals surface area contributed by atoms with Gasteiger partial charge in [0.25, 0.3) is 0 Å². The molecular formula is C14H23N5O2S. The number of nitrogens with one attached hydrogen (secondary N) is 2. The van der Waals surface area contributed by atoms with Crippen LogP contribution in [0.25, 0.3) is 5.78 Å². The van der Waals surface area contributed by atoms with E-state index >= 15 is 0 Å². The Bertz CT molecular complexity index is 754. The first-order valence-corrected chi connectivity index (χ1v) is 9.18. The fourth-order valence-corrected chi connectivity index (χ4v) is 2.89. The highest BCUT2D eigenvalue weighted by molar-refractivity contribution is 7.88. The minimum atomic E-state index is -3.17. The highest BCUT2D eigenvalue weighted by Gasteiger charge is 2.12. The largest absolute Gasteiger partial charge is 0.307 e. The predicted octanol–water partition coefficient (Wildman–Crippen LogP) is 0.764. The Labute approximate surface area is 131 Å². The molecule has 2 aromatic heterocycles. The lowest BCUT2D eigenvalue weighted by molar-refractivity contribution is 0.481. The molecule has 0 aliphatic heterocycles. The summed E-state index contributed by atoms with van der Waals surface area (Å²) in [6.45, 7) is 6.98. The second-order valence-corrected chi connectivity index (χ2v) is 7.36. The summed E-state index contributed by atoms with van der Waals surface area (Å²) in [6.07, 6.45) is 3.80. The highest BCUT2D eigenvalue weighted by atomic mass is 32.2. The quantitative estimate of drug-likeness (QED) is 0.785. The Morgan fingerprint density at radius 2 is 2.09 bits per heavy atom. The van der Waals surface area contributed by atoms with Gasteiger partial charge in [-0.2, -0.15) is 0 Å². The first kappa shape index (κ1) is 16.9. The second-order valence-electron chi connectivity index (χ2n) is 5.53. The molecule has 2 heterocycles. The molecule has 0 aromatic carbocycles. The number of sulfonamides is 1. The van der Waals surface area contributed by atoms with Gasteiger partial charge in [0, 0.05) is 30.5 Å². The van der Waals surface area contributed by atoms with Crippen LogP contribution in [-0.4, -0.2) is 41.6 Å². The molecule has 2 rings (SSSR count). The summed E-state index contributed by atoms with van der Waals surface area (Å²) >= 11 is 0. The third-order valence-corrected chi connectivity index (χ3v) is 4.21. The summed E-state index contributed by atoms with van der Waals surface area (Å²) in [4.78, 5) is 8.74. The maximum absolute atomic E-state index is 11.2. The van der Waals surface area contributed by atoms with Crippen LogP contribution >= 0.6 is 0 Å². The van der Waals surface area contributed by atoms with Crippen LogP contribution in [-0.2, 0) is 16.6 Å². The Morgan fingerprint density at radius 3 is 2.73 bits per heavy atom. The molecule has 1 atom stereocenters. The number of aryl methyl sites for hydroxylation is 2. The Hall–Kier alpha value is -1.51. The van der Waals surface area contributed by atoms with Crippen LogP contribution in [0.1, 0.15) is 30.4 Å². The number of rotatable bonds is 7. The molecule has 0 radical (unpaired) electrons. The zero-order valence-electron chi connectivity index (χ0n) is 13.4. The number of fused-ring (bicyclic) bond motifs is 1. The van der Waals surface area contributed by atoms with E-state index in [2.05, 4.69) is 20.0 Å². The lowest BCUT2D eigenvalue weighted by Crippen LogP contribution is -2.40. The third-order valence-electron chi connectivity index (χ3n) is 3.52. The Kier molecular flexibility index (Phi) is 5.15. The van der Waals surface area contributed by atoms with Gasteiger partial charge in [-0.25, -0.2) is 23.1 Å². The van der Waals surface area contributed by atoms with Gasteiger partial charge in [-0.15, -0.1) is 0 Å². The first-order valence-electron chi connectivity index (χ1n) is 7.28. The van der Waals surface area contributed by atoms with Crippen LogP contribution in [0.4, 0.5) is 0 Å². The van der Waals surface area contributed by atoms with Gasteiger partial charge in [0.15, 0.2) is 0 Å². The van der Waals surface area contributed by atoms with Crippen molar-refractivity contribution >= 4 is 15.8 Å². The fraction of sp³-hybridized carbons (Fsp3) is 0.571. The molecule has 0 spiro atoms. The van der Waals surface area contributed by atoms with Gasteiger partial charge < -0.3 is 5.32 Å². The van der Waals surface area contributed by atoms with E-state index in [1.54, 1.807) is 6.20 Å². The lowest BCUT2D eigenvalue weighted by atomic mass is 10.2. The van der Waals surface area contributed by atoms with E-state index < -0.39 is 10.0 Å². The van der Waals surface area contributed by atoms with Crippen molar-refractivity contribution in [3.63, 3.8) is 0 Å². The van der Waals surface area contributed by atoms with Crippen molar-refractivity contribution < 1.29 is 8.42 Å². The Morgan fingerprint density at radius 1 is 1.36 bits per heavy atom. The van der Waals surface area contributed by atoms with Crippen molar-refractivity contribution in [3.05, 3.63) is 29.3 Å². The SMILES string of the molecule is CCC(CNS(C)(=O)=O)NCc1cnc2nc(C)cc(C)n12. The molecule has 8 heteroatoms. The second kappa shape index (κ2) is 6.72. The van der Waals surface area contributed by atoms with E-state index in [0.29, 0.717) is 18.9 Å². The number of imidazole rings is 1. The number of aromatic nitrogens is 3. The molecule has 0 saturated heterocycles. The monoisotopic (exact) mass is 325 g/mol. The maximum Gasteiger partial charge on any atom is 0.234 e. The molecule has 0 aliphatic rings. The van der Waals surface area contributed by atoms with E-state index in [1.807, 2.05) is 31.2 Å². The topological polar surface area (TPSA) is 88.4 Å². The third kappa shape index (κ3) is 4.25. The molecule has 0 amide bonds. The van der Waals surface area contributed by atoms with Crippen LogP contribution in [0.5, 0.6) is 0 Å². The van der Waals surface area contributed by atoms with E-state index in [1.165, 1.54) is 6.26 Å². The molecule has 2 N–H and O–H groups in total. The van der Waals surface area contributed by atoms with Gasteiger partial charge in [0.2, 0.25) is 15.8 Å². The molecule has 122 valence electrons. The normalized spacial score (nSPS) is 13.6. The minimum absolute atomic E-state index is 0.0685. The molecule has 2 aromatic rings. The smallest absolute Gasteiger partial charge is 0.234 e. The van der Waals surface area contributed by atoms with Gasteiger partial charge in [-0.3, -0.25) is 4.40 Å². The number of hydrogen-bond donors (Lipinski definition) is 2. The fourth-order valence-electron chi connectivity index (χ4n) is 2.38. The lowest BCUT2D eigenvalue weighted by Gasteiger charge is -2.17. The van der Waals surface area contributed by atoms with Crippen LogP contribution in [0.15, 0.2) is 12.3 Å².